The van der Waals surface area contributed by atoms with E-state index in [1.807, 2.05) is 6.92 Å². The second-order valence-corrected chi connectivity index (χ2v) is 2.78. The second-order valence-electron chi connectivity index (χ2n) is 2.78. The standard InChI is InChI=1S/C9H13NO3/c1-3-4-9(12)13-8(5-10)7(2)6-11/h6-8H,3-4H2,1-2H3. The van der Waals surface area contributed by atoms with E-state index in [-0.39, 0.29) is 6.42 Å². The Hall–Kier alpha value is -1.37. The maximum Gasteiger partial charge on any atom is 0.307 e. The first kappa shape index (κ1) is 11.6. The molecule has 0 aliphatic heterocycles. The van der Waals surface area contributed by atoms with Gasteiger partial charge in [-0.1, -0.05) is 13.8 Å². The Morgan fingerprint density at radius 3 is 2.69 bits per heavy atom. The van der Waals surface area contributed by atoms with Crippen molar-refractivity contribution in [2.75, 3.05) is 0 Å². The normalized spacial score (nSPS) is 13.9. The molecule has 2 atom stereocenters. The average Bonchev–Trinajstić information content (AvgIpc) is 2.13. The fourth-order valence-corrected chi connectivity index (χ4v) is 0.727. The van der Waals surface area contributed by atoms with Crippen LogP contribution < -0.4 is 0 Å². The van der Waals surface area contributed by atoms with Crippen molar-refractivity contribution in [2.45, 2.75) is 32.8 Å². The van der Waals surface area contributed by atoms with Gasteiger partial charge in [-0.15, -0.1) is 0 Å². The van der Waals surface area contributed by atoms with Crippen LogP contribution in [0.15, 0.2) is 0 Å². The van der Waals surface area contributed by atoms with E-state index in [2.05, 4.69) is 0 Å². The van der Waals surface area contributed by atoms with Gasteiger partial charge < -0.3 is 9.53 Å². The van der Waals surface area contributed by atoms with E-state index in [0.29, 0.717) is 12.7 Å². The molecular weight excluding hydrogens is 170 g/mol. The topological polar surface area (TPSA) is 67.2 Å². The van der Waals surface area contributed by atoms with E-state index in [1.165, 1.54) is 0 Å². The first-order valence-corrected chi connectivity index (χ1v) is 4.20. The highest BCUT2D eigenvalue weighted by molar-refractivity contribution is 5.70. The number of aldehydes is 1. The molecule has 0 aromatic carbocycles. The minimum atomic E-state index is -0.948. The van der Waals surface area contributed by atoms with Crippen molar-refractivity contribution in [2.24, 2.45) is 5.92 Å². The van der Waals surface area contributed by atoms with Gasteiger partial charge in [0, 0.05) is 6.42 Å². The van der Waals surface area contributed by atoms with Crippen molar-refractivity contribution < 1.29 is 14.3 Å². The Kier molecular flexibility index (Phi) is 5.53. The van der Waals surface area contributed by atoms with Gasteiger partial charge in [0.2, 0.25) is 0 Å². The largest absolute Gasteiger partial charge is 0.446 e. The van der Waals surface area contributed by atoms with Crippen LogP contribution in [0, 0.1) is 17.2 Å². The predicted octanol–water partition coefficient (Wildman–Crippen LogP) is 1.06. The third kappa shape index (κ3) is 4.26. The number of ether oxygens (including phenoxy) is 1. The molecule has 0 spiro atoms. The number of esters is 1. The van der Waals surface area contributed by atoms with Crippen LogP contribution in [-0.4, -0.2) is 18.4 Å². The molecule has 0 bridgehead atoms. The molecule has 0 aromatic rings. The molecule has 0 aliphatic carbocycles. The number of hydrogen-bond acceptors (Lipinski definition) is 4. The van der Waals surface area contributed by atoms with Crippen molar-refractivity contribution in [1.29, 1.82) is 5.26 Å². The molecule has 4 heteroatoms. The predicted molar refractivity (Wildman–Crippen MR) is 45.6 cm³/mol. The smallest absolute Gasteiger partial charge is 0.307 e. The fraction of sp³-hybridized carbons (Fsp3) is 0.667. The molecule has 13 heavy (non-hydrogen) atoms. The number of carbonyl (C=O) groups is 2. The van der Waals surface area contributed by atoms with Gasteiger partial charge in [-0.3, -0.25) is 4.79 Å². The Labute approximate surface area is 77.5 Å². The zero-order valence-corrected chi connectivity index (χ0v) is 7.82. The summed E-state index contributed by atoms with van der Waals surface area (Å²) in [4.78, 5) is 21.2. The van der Waals surface area contributed by atoms with Crippen LogP contribution >= 0.6 is 0 Å². The van der Waals surface area contributed by atoms with Gasteiger partial charge in [0.25, 0.3) is 0 Å². The molecule has 0 aromatic heterocycles. The molecule has 0 rings (SSSR count). The quantitative estimate of drug-likeness (QED) is 0.472. The summed E-state index contributed by atoms with van der Waals surface area (Å²) in [5, 5.41) is 8.56. The molecule has 0 radical (unpaired) electrons. The highest BCUT2D eigenvalue weighted by Gasteiger charge is 2.19. The monoisotopic (exact) mass is 183 g/mol. The van der Waals surface area contributed by atoms with Crippen molar-refractivity contribution in [1.82, 2.24) is 0 Å². The van der Waals surface area contributed by atoms with Crippen LogP contribution in [-0.2, 0) is 14.3 Å². The molecule has 0 fully saturated rings. The minimum absolute atomic E-state index is 0.282. The van der Waals surface area contributed by atoms with Gasteiger partial charge in [0.1, 0.15) is 12.4 Å². The van der Waals surface area contributed by atoms with Gasteiger partial charge in [0.15, 0.2) is 6.10 Å². The van der Waals surface area contributed by atoms with E-state index in [1.54, 1.807) is 13.0 Å². The highest BCUT2D eigenvalue weighted by Crippen LogP contribution is 2.05. The maximum absolute atomic E-state index is 10.9. The van der Waals surface area contributed by atoms with Crippen molar-refractivity contribution in [3.8, 4) is 6.07 Å². The van der Waals surface area contributed by atoms with E-state index < -0.39 is 18.0 Å². The summed E-state index contributed by atoms with van der Waals surface area (Å²) in [6.45, 7) is 3.38. The third-order valence-electron chi connectivity index (χ3n) is 1.53. The Morgan fingerprint density at radius 2 is 2.31 bits per heavy atom. The summed E-state index contributed by atoms with van der Waals surface area (Å²) in [5.41, 5.74) is 0. The maximum atomic E-state index is 10.9. The Bertz CT molecular complexity index is 219. The van der Waals surface area contributed by atoms with E-state index in [9.17, 15) is 9.59 Å². The van der Waals surface area contributed by atoms with Crippen LogP contribution in [0.1, 0.15) is 26.7 Å². The molecule has 0 aliphatic rings. The van der Waals surface area contributed by atoms with Crippen LogP contribution in [0.5, 0.6) is 0 Å². The number of rotatable bonds is 5. The Morgan fingerprint density at radius 1 is 1.69 bits per heavy atom. The van der Waals surface area contributed by atoms with E-state index >= 15 is 0 Å². The summed E-state index contributed by atoms with van der Waals surface area (Å²) in [6.07, 6.45) is 0.611. The summed E-state index contributed by atoms with van der Waals surface area (Å²) >= 11 is 0. The molecular formula is C9H13NO3. The van der Waals surface area contributed by atoms with Gasteiger partial charge in [-0.05, 0) is 6.42 Å². The second kappa shape index (κ2) is 6.18. The first-order chi connectivity index (χ1) is 6.15. The zero-order chi connectivity index (χ0) is 10.3. The lowest BCUT2D eigenvalue weighted by Crippen LogP contribution is -2.24. The van der Waals surface area contributed by atoms with Crippen LogP contribution in [0.25, 0.3) is 0 Å². The summed E-state index contributed by atoms with van der Waals surface area (Å²) in [5.74, 6) is -0.992. The van der Waals surface area contributed by atoms with Gasteiger partial charge in [-0.2, -0.15) is 5.26 Å². The number of hydrogen-bond donors (Lipinski definition) is 0. The third-order valence-corrected chi connectivity index (χ3v) is 1.53. The number of nitriles is 1. The van der Waals surface area contributed by atoms with Crippen LogP contribution in [0.3, 0.4) is 0 Å². The lowest BCUT2D eigenvalue weighted by atomic mass is 10.1. The molecule has 0 saturated heterocycles. The fourth-order valence-electron chi connectivity index (χ4n) is 0.727. The summed E-state index contributed by atoms with van der Waals surface area (Å²) < 4.78 is 4.76. The minimum Gasteiger partial charge on any atom is -0.446 e. The molecule has 0 amide bonds. The lowest BCUT2D eigenvalue weighted by Gasteiger charge is -2.12. The van der Waals surface area contributed by atoms with Gasteiger partial charge in [-0.25, -0.2) is 0 Å². The first-order valence-electron chi connectivity index (χ1n) is 4.20. The summed E-state index contributed by atoms with van der Waals surface area (Å²) in [7, 11) is 0. The molecule has 0 N–H and O–H groups in total. The molecule has 4 nitrogen and oxygen atoms in total. The van der Waals surface area contributed by atoms with Crippen molar-refractivity contribution in [3.63, 3.8) is 0 Å². The Balaban J connectivity index is 4.06. The number of nitrogens with zero attached hydrogens (tertiary/aromatic N) is 1. The van der Waals surface area contributed by atoms with Crippen LogP contribution in [0.4, 0.5) is 0 Å². The highest BCUT2D eigenvalue weighted by atomic mass is 16.5. The molecule has 72 valence electrons. The number of carbonyl (C=O) groups excluding carboxylic acids is 2. The summed E-state index contributed by atoms with van der Waals surface area (Å²) in [6, 6.07) is 1.77. The van der Waals surface area contributed by atoms with E-state index in [0.717, 1.165) is 0 Å². The molecule has 0 saturated carbocycles. The molecule has 0 heterocycles. The van der Waals surface area contributed by atoms with E-state index in [4.69, 9.17) is 10.00 Å². The molecule has 2 unspecified atom stereocenters. The average molecular weight is 183 g/mol. The van der Waals surface area contributed by atoms with Gasteiger partial charge >= 0.3 is 5.97 Å². The lowest BCUT2D eigenvalue weighted by molar-refractivity contribution is -0.148. The van der Waals surface area contributed by atoms with Crippen molar-refractivity contribution in [3.05, 3.63) is 0 Å². The zero-order valence-electron chi connectivity index (χ0n) is 7.82. The van der Waals surface area contributed by atoms with Gasteiger partial charge in [0.05, 0.1) is 5.92 Å². The van der Waals surface area contributed by atoms with Crippen LogP contribution in [0.2, 0.25) is 0 Å². The SMILES string of the molecule is CCCC(=O)OC(C#N)C(C)C=O. The van der Waals surface area contributed by atoms with Crippen molar-refractivity contribution >= 4 is 12.3 Å².